The van der Waals surface area contributed by atoms with Crippen LogP contribution < -0.4 is 5.43 Å². The molecule has 0 atom stereocenters. The molecule has 3 aliphatic rings. The molecule has 3 heterocycles. The number of fused-ring (bicyclic) bond motifs is 3. The van der Waals surface area contributed by atoms with E-state index in [0.29, 0.717) is 38.0 Å². The molecule has 0 aromatic heterocycles. The first-order valence-corrected chi connectivity index (χ1v) is 9.98. The van der Waals surface area contributed by atoms with Gasteiger partial charge in [0.25, 0.3) is 21.7 Å². The molecule has 0 radical (unpaired) electrons. The van der Waals surface area contributed by atoms with Gasteiger partial charge in [-0.15, -0.1) is 3.98 Å². The molecule has 0 bridgehead atoms. The van der Waals surface area contributed by atoms with Gasteiger partial charge in [-0.2, -0.15) is 13.4 Å². The lowest BCUT2D eigenvalue weighted by molar-refractivity contribution is -0.347. The SMILES string of the molecule is CCS(=O)(=O)[N+]1=C2c3ccccc3C=CN2NC=C1N1CCOCC1. The molecule has 3 aliphatic heterocycles. The summed E-state index contributed by atoms with van der Waals surface area (Å²) in [6.07, 6.45) is 5.57. The summed E-state index contributed by atoms with van der Waals surface area (Å²) in [7, 11) is -3.50. The number of ether oxygens (including phenoxy) is 1. The molecule has 0 amide bonds. The van der Waals surface area contributed by atoms with Crippen molar-refractivity contribution in [2.45, 2.75) is 6.92 Å². The van der Waals surface area contributed by atoms with Gasteiger partial charge in [0, 0.05) is 0 Å². The number of sulfonamides is 1. The molecular weight excluding hydrogens is 340 g/mol. The van der Waals surface area contributed by atoms with Crippen LogP contribution in [0, 0.1) is 0 Å². The number of hydrogen-bond acceptors (Lipinski definition) is 6. The van der Waals surface area contributed by atoms with Crippen LogP contribution in [0.15, 0.2) is 42.5 Å². The average molecular weight is 361 g/mol. The Bertz CT molecular complexity index is 883. The molecule has 1 N–H and O–H groups in total. The smallest absolute Gasteiger partial charge is 0.285 e. The van der Waals surface area contributed by atoms with Gasteiger partial charge in [-0.3, -0.25) is 4.90 Å². The van der Waals surface area contributed by atoms with Crippen LogP contribution in [-0.2, 0) is 14.8 Å². The van der Waals surface area contributed by atoms with Crippen LogP contribution in [0.3, 0.4) is 0 Å². The minimum absolute atomic E-state index is 0.0257. The van der Waals surface area contributed by atoms with Crippen molar-refractivity contribution in [3.63, 3.8) is 0 Å². The van der Waals surface area contributed by atoms with Crippen molar-refractivity contribution in [3.05, 3.63) is 53.6 Å². The maximum Gasteiger partial charge on any atom is 0.285 e. The Balaban J connectivity index is 1.93. The average Bonchev–Trinajstić information content (AvgIpc) is 2.67. The molecule has 25 heavy (non-hydrogen) atoms. The predicted octanol–water partition coefficient (Wildman–Crippen LogP) is 0.731. The maximum absolute atomic E-state index is 13.0. The monoisotopic (exact) mass is 361 g/mol. The largest absolute Gasteiger partial charge is 0.375 e. The lowest BCUT2D eigenvalue weighted by Crippen LogP contribution is -2.53. The molecule has 0 spiro atoms. The fourth-order valence-electron chi connectivity index (χ4n) is 3.22. The highest BCUT2D eigenvalue weighted by Crippen LogP contribution is 2.25. The first-order valence-electron chi connectivity index (χ1n) is 8.37. The van der Waals surface area contributed by atoms with E-state index < -0.39 is 10.0 Å². The molecule has 0 unspecified atom stereocenters. The highest BCUT2D eigenvalue weighted by Gasteiger charge is 2.40. The number of nitrogens with one attached hydrogen (secondary N) is 1. The Kier molecular flexibility index (Phi) is 4.01. The predicted molar refractivity (Wildman–Crippen MR) is 94.8 cm³/mol. The summed E-state index contributed by atoms with van der Waals surface area (Å²) in [6.45, 7) is 4.17. The van der Waals surface area contributed by atoms with Gasteiger partial charge in [0.1, 0.15) is 6.20 Å². The number of nitrogens with zero attached hydrogens (tertiary/aromatic N) is 3. The minimum Gasteiger partial charge on any atom is -0.375 e. The zero-order valence-electron chi connectivity index (χ0n) is 14.1. The molecule has 1 fully saturated rings. The topological polar surface area (TPSA) is 64.9 Å². The van der Waals surface area contributed by atoms with Crippen LogP contribution in [-0.4, -0.2) is 60.2 Å². The van der Waals surface area contributed by atoms with Crippen molar-refractivity contribution in [1.82, 2.24) is 15.3 Å². The Morgan fingerprint density at radius 3 is 2.76 bits per heavy atom. The summed E-state index contributed by atoms with van der Waals surface area (Å²) in [5, 5.41) is 1.75. The zero-order chi connectivity index (χ0) is 17.4. The number of morpholine rings is 1. The number of benzene rings is 1. The van der Waals surface area contributed by atoms with E-state index in [4.69, 9.17) is 4.74 Å². The van der Waals surface area contributed by atoms with Gasteiger partial charge in [0.2, 0.25) is 0 Å². The van der Waals surface area contributed by atoms with Crippen LogP contribution in [0.4, 0.5) is 0 Å². The highest BCUT2D eigenvalue weighted by molar-refractivity contribution is 7.85. The molecule has 1 aromatic rings. The van der Waals surface area contributed by atoms with Gasteiger partial charge in [-0.25, -0.2) is 5.43 Å². The third-order valence-electron chi connectivity index (χ3n) is 4.54. The third kappa shape index (κ3) is 2.71. The van der Waals surface area contributed by atoms with E-state index in [9.17, 15) is 8.42 Å². The van der Waals surface area contributed by atoms with E-state index in [1.807, 2.05) is 36.5 Å². The van der Waals surface area contributed by atoms with Crippen LogP contribution in [0.1, 0.15) is 18.1 Å². The van der Waals surface area contributed by atoms with Gasteiger partial charge in [-0.1, -0.05) is 18.2 Å². The summed E-state index contributed by atoms with van der Waals surface area (Å²) < 4.78 is 32.9. The molecule has 1 saturated heterocycles. The lowest BCUT2D eigenvalue weighted by Gasteiger charge is -2.33. The quantitative estimate of drug-likeness (QED) is 0.801. The van der Waals surface area contributed by atoms with E-state index in [1.165, 1.54) is 3.98 Å². The minimum atomic E-state index is -3.50. The second kappa shape index (κ2) is 6.20. The Morgan fingerprint density at radius 2 is 2.00 bits per heavy atom. The number of hydrazine groups is 1. The van der Waals surface area contributed by atoms with Crippen LogP contribution in [0.25, 0.3) is 6.08 Å². The second-order valence-corrected chi connectivity index (χ2v) is 8.10. The summed E-state index contributed by atoms with van der Waals surface area (Å²) in [5.74, 6) is 1.28. The number of amidine groups is 1. The van der Waals surface area contributed by atoms with Gasteiger partial charge < -0.3 is 4.74 Å². The zero-order valence-corrected chi connectivity index (χ0v) is 14.9. The molecular formula is C17H21N4O3S+. The van der Waals surface area contributed by atoms with Crippen molar-refractivity contribution in [2.24, 2.45) is 0 Å². The molecule has 1 aromatic carbocycles. The maximum atomic E-state index is 13.0. The van der Waals surface area contributed by atoms with E-state index in [-0.39, 0.29) is 5.75 Å². The lowest BCUT2D eigenvalue weighted by atomic mass is 10.0. The standard InChI is InChI=1S/C17H21N4O3S/c1-2-25(22,23)21-16(19-9-11-24-12-10-19)13-18-20-8-7-14-5-3-4-6-15(14)17(20)21/h3-8,13,18H,2,9-12H2,1H3/q+1. The van der Waals surface area contributed by atoms with Gasteiger partial charge >= 0.3 is 0 Å². The molecule has 8 heteroatoms. The summed E-state index contributed by atoms with van der Waals surface area (Å²) in [6, 6.07) is 7.81. The third-order valence-corrected chi connectivity index (χ3v) is 6.19. The second-order valence-electron chi connectivity index (χ2n) is 5.99. The van der Waals surface area contributed by atoms with E-state index >= 15 is 0 Å². The Morgan fingerprint density at radius 1 is 1.24 bits per heavy atom. The Labute approximate surface area is 147 Å². The van der Waals surface area contributed by atoms with Crippen molar-refractivity contribution in [2.75, 3.05) is 32.1 Å². The Hall–Kier alpha value is -2.32. The number of rotatable bonds is 3. The molecule has 7 nitrogen and oxygen atoms in total. The fourth-order valence-corrected chi connectivity index (χ4v) is 4.38. The van der Waals surface area contributed by atoms with E-state index in [2.05, 4.69) is 10.3 Å². The van der Waals surface area contributed by atoms with Gasteiger partial charge in [0.15, 0.2) is 0 Å². The molecule has 0 saturated carbocycles. The summed E-state index contributed by atoms with van der Waals surface area (Å²) >= 11 is 0. The summed E-state index contributed by atoms with van der Waals surface area (Å²) in [5.41, 5.74) is 5.07. The molecule has 0 aliphatic carbocycles. The number of hydrogen-bond donors (Lipinski definition) is 1. The normalized spacial score (nSPS) is 20.0. The van der Waals surface area contributed by atoms with Crippen LogP contribution in [0.5, 0.6) is 0 Å². The molecule has 4 rings (SSSR count). The van der Waals surface area contributed by atoms with Crippen molar-refractivity contribution in [1.29, 1.82) is 0 Å². The van der Waals surface area contributed by atoms with E-state index in [0.717, 1.165) is 11.1 Å². The first kappa shape index (κ1) is 16.2. The van der Waals surface area contributed by atoms with Crippen molar-refractivity contribution in [3.8, 4) is 0 Å². The van der Waals surface area contributed by atoms with Gasteiger partial charge in [0.05, 0.1) is 43.8 Å². The highest BCUT2D eigenvalue weighted by atomic mass is 32.2. The van der Waals surface area contributed by atoms with Gasteiger partial charge in [-0.05, 0) is 24.6 Å². The molecule has 132 valence electrons. The van der Waals surface area contributed by atoms with E-state index in [1.54, 1.807) is 18.1 Å². The van der Waals surface area contributed by atoms with Crippen LogP contribution in [0.2, 0.25) is 0 Å². The van der Waals surface area contributed by atoms with Crippen molar-refractivity contribution < 1.29 is 17.1 Å². The van der Waals surface area contributed by atoms with Crippen molar-refractivity contribution >= 4 is 21.9 Å². The van der Waals surface area contributed by atoms with Crippen LogP contribution >= 0.6 is 0 Å². The fraction of sp³-hybridized carbons (Fsp3) is 0.353. The summed E-state index contributed by atoms with van der Waals surface area (Å²) in [4.78, 5) is 2.05. The first-order chi connectivity index (χ1) is 12.1.